The number of aliphatic carboxylic acids is 1. The molecule has 2 atom stereocenters. The topological polar surface area (TPSA) is 66.6 Å². The van der Waals surface area contributed by atoms with Crippen molar-refractivity contribution < 1.29 is 14.3 Å². The fourth-order valence-corrected chi connectivity index (χ4v) is 2.83. The van der Waals surface area contributed by atoms with E-state index in [1.54, 1.807) is 6.20 Å². The summed E-state index contributed by atoms with van der Waals surface area (Å²) in [4.78, 5) is 17.5. The zero-order chi connectivity index (χ0) is 14.8. The van der Waals surface area contributed by atoms with Crippen LogP contribution in [0.25, 0.3) is 11.3 Å². The minimum atomic E-state index is -0.720. The number of nitrogens with zero attached hydrogens (tertiary/aromatic N) is 2. The first-order valence-corrected chi connectivity index (χ1v) is 7.09. The summed E-state index contributed by atoms with van der Waals surface area (Å²) in [6.07, 6.45) is 1.72. The molecule has 0 saturated carbocycles. The first kappa shape index (κ1) is 13.8. The quantitative estimate of drug-likeness (QED) is 0.935. The van der Waals surface area contributed by atoms with Crippen molar-refractivity contribution in [2.75, 3.05) is 13.1 Å². The maximum absolute atomic E-state index is 11.1. The molecule has 1 aliphatic heterocycles. The highest BCUT2D eigenvalue weighted by Crippen LogP contribution is 2.26. The molecule has 1 aromatic heterocycles. The van der Waals surface area contributed by atoms with Gasteiger partial charge in [0.15, 0.2) is 5.76 Å². The normalized spacial score (nSPS) is 22.5. The molecule has 2 aromatic rings. The molecule has 110 valence electrons. The Morgan fingerprint density at radius 2 is 2.14 bits per heavy atom. The van der Waals surface area contributed by atoms with Crippen LogP contribution >= 0.6 is 0 Å². The number of rotatable bonds is 4. The Morgan fingerprint density at radius 1 is 1.38 bits per heavy atom. The Balaban J connectivity index is 1.67. The van der Waals surface area contributed by atoms with Crippen LogP contribution in [0, 0.1) is 11.8 Å². The lowest BCUT2D eigenvalue weighted by molar-refractivity contribution is -0.142. The van der Waals surface area contributed by atoms with Gasteiger partial charge in [0.05, 0.1) is 18.7 Å². The first-order valence-electron chi connectivity index (χ1n) is 7.09. The zero-order valence-corrected chi connectivity index (χ0v) is 11.9. The predicted molar refractivity (Wildman–Crippen MR) is 77.5 cm³/mol. The van der Waals surface area contributed by atoms with Crippen LogP contribution in [-0.2, 0) is 11.3 Å². The van der Waals surface area contributed by atoms with E-state index in [2.05, 4.69) is 9.88 Å². The van der Waals surface area contributed by atoms with Gasteiger partial charge < -0.3 is 9.52 Å². The summed E-state index contributed by atoms with van der Waals surface area (Å²) in [6.45, 7) is 3.85. The van der Waals surface area contributed by atoms with Gasteiger partial charge in [0.1, 0.15) is 0 Å². The maximum atomic E-state index is 11.1. The van der Waals surface area contributed by atoms with E-state index in [-0.39, 0.29) is 11.8 Å². The van der Waals surface area contributed by atoms with E-state index in [0.717, 1.165) is 17.9 Å². The van der Waals surface area contributed by atoms with Gasteiger partial charge in [0.25, 0.3) is 0 Å². The van der Waals surface area contributed by atoms with Crippen LogP contribution in [0.4, 0.5) is 0 Å². The second kappa shape index (κ2) is 5.69. The number of likely N-dealkylation sites (tertiary alicyclic amines) is 1. The number of hydrogen-bond acceptors (Lipinski definition) is 4. The minimum absolute atomic E-state index is 0.158. The number of carboxylic acid groups (broad SMARTS) is 1. The Labute approximate surface area is 123 Å². The van der Waals surface area contributed by atoms with Crippen LogP contribution in [0.1, 0.15) is 12.8 Å². The lowest BCUT2D eigenvalue weighted by atomic mass is 9.99. The third-order valence-electron chi connectivity index (χ3n) is 3.98. The second-order valence-corrected chi connectivity index (χ2v) is 5.60. The van der Waals surface area contributed by atoms with Crippen molar-refractivity contribution in [3.05, 3.63) is 42.4 Å². The molecule has 0 radical (unpaired) electrons. The highest BCUT2D eigenvalue weighted by atomic mass is 16.4. The summed E-state index contributed by atoms with van der Waals surface area (Å²) in [7, 11) is 0. The van der Waals surface area contributed by atoms with Gasteiger partial charge in [-0.2, -0.15) is 0 Å². The molecule has 1 fully saturated rings. The van der Waals surface area contributed by atoms with Crippen LogP contribution in [0.3, 0.4) is 0 Å². The molecule has 21 heavy (non-hydrogen) atoms. The van der Waals surface area contributed by atoms with Crippen molar-refractivity contribution in [2.24, 2.45) is 11.8 Å². The summed E-state index contributed by atoms with van der Waals surface area (Å²) in [5, 5.41) is 9.15. The van der Waals surface area contributed by atoms with Gasteiger partial charge in [-0.3, -0.25) is 9.69 Å². The largest absolute Gasteiger partial charge is 0.481 e. The van der Waals surface area contributed by atoms with E-state index in [4.69, 9.17) is 9.52 Å². The predicted octanol–water partition coefficient (Wildman–Crippen LogP) is 2.49. The SMILES string of the molecule is CC1CN(Cc2ncc(-c3ccccc3)o2)CC1C(=O)O. The zero-order valence-electron chi connectivity index (χ0n) is 11.9. The average molecular weight is 286 g/mol. The molecule has 0 bridgehead atoms. The van der Waals surface area contributed by atoms with Crippen LogP contribution in [0.5, 0.6) is 0 Å². The molecule has 1 aromatic carbocycles. The first-order chi connectivity index (χ1) is 10.1. The molecule has 1 saturated heterocycles. The molecular formula is C16H18N2O3. The summed E-state index contributed by atoms with van der Waals surface area (Å²) in [5.41, 5.74) is 0.995. The Kier molecular flexibility index (Phi) is 3.75. The van der Waals surface area contributed by atoms with Gasteiger partial charge in [-0.15, -0.1) is 0 Å². The highest BCUT2D eigenvalue weighted by molar-refractivity contribution is 5.71. The minimum Gasteiger partial charge on any atom is -0.481 e. The number of hydrogen-bond donors (Lipinski definition) is 1. The summed E-state index contributed by atoms with van der Waals surface area (Å²) < 4.78 is 5.76. The number of carboxylic acids is 1. The van der Waals surface area contributed by atoms with Crippen molar-refractivity contribution >= 4 is 5.97 Å². The van der Waals surface area contributed by atoms with Crippen molar-refractivity contribution in [1.29, 1.82) is 0 Å². The van der Waals surface area contributed by atoms with Crippen LogP contribution in [0.2, 0.25) is 0 Å². The molecular weight excluding hydrogens is 268 g/mol. The monoisotopic (exact) mass is 286 g/mol. The highest BCUT2D eigenvalue weighted by Gasteiger charge is 2.35. The number of benzene rings is 1. The van der Waals surface area contributed by atoms with Crippen molar-refractivity contribution in [3.8, 4) is 11.3 Å². The molecule has 1 aliphatic rings. The van der Waals surface area contributed by atoms with Gasteiger partial charge in [0.2, 0.25) is 5.89 Å². The molecule has 5 heteroatoms. The smallest absolute Gasteiger partial charge is 0.308 e. The van der Waals surface area contributed by atoms with Crippen molar-refractivity contribution in [2.45, 2.75) is 13.5 Å². The molecule has 0 amide bonds. The van der Waals surface area contributed by atoms with Gasteiger partial charge in [-0.05, 0) is 5.92 Å². The van der Waals surface area contributed by atoms with Gasteiger partial charge >= 0.3 is 5.97 Å². The van der Waals surface area contributed by atoms with Gasteiger partial charge in [-0.25, -0.2) is 4.98 Å². The lowest BCUT2D eigenvalue weighted by Gasteiger charge is -2.12. The maximum Gasteiger partial charge on any atom is 0.308 e. The molecule has 5 nitrogen and oxygen atoms in total. The Hall–Kier alpha value is -2.14. The van der Waals surface area contributed by atoms with Gasteiger partial charge in [-0.1, -0.05) is 37.3 Å². The second-order valence-electron chi connectivity index (χ2n) is 5.60. The number of aromatic nitrogens is 1. The van der Waals surface area contributed by atoms with Crippen LogP contribution < -0.4 is 0 Å². The summed E-state index contributed by atoms with van der Waals surface area (Å²) in [5.74, 6) is 0.515. The van der Waals surface area contributed by atoms with Gasteiger partial charge in [0, 0.05) is 18.7 Å². The third kappa shape index (κ3) is 2.97. The fraction of sp³-hybridized carbons (Fsp3) is 0.375. The molecule has 2 unspecified atom stereocenters. The number of carbonyl (C=O) groups is 1. The van der Waals surface area contributed by atoms with E-state index in [9.17, 15) is 4.79 Å². The fourth-order valence-electron chi connectivity index (χ4n) is 2.83. The number of oxazole rings is 1. The Bertz CT molecular complexity index is 623. The average Bonchev–Trinajstić information content (AvgIpc) is 3.07. The third-order valence-corrected chi connectivity index (χ3v) is 3.98. The Morgan fingerprint density at radius 3 is 2.81 bits per heavy atom. The van der Waals surface area contributed by atoms with Crippen molar-refractivity contribution in [3.63, 3.8) is 0 Å². The van der Waals surface area contributed by atoms with E-state index >= 15 is 0 Å². The van der Waals surface area contributed by atoms with E-state index in [1.165, 1.54) is 0 Å². The van der Waals surface area contributed by atoms with E-state index in [1.807, 2.05) is 37.3 Å². The standard InChI is InChI=1S/C16H18N2O3/c1-11-8-18(9-13(11)16(19)20)10-15-17-7-14(21-15)12-5-3-2-4-6-12/h2-7,11,13H,8-10H2,1H3,(H,19,20). The summed E-state index contributed by atoms with van der Waals surface area (Å²) >= 11 is 0. The van der Waals surface area contributed by atoms with E-state index < -0.39 is 5.97 Å². The molecule has 0 spiro atoms. The molecule has 3 rings (SSSR count). The van der Waals surface area contributed by atoms with E-state index in [0.29, 0.717) is 19.0 Å². The molecule has 0 aliphatic carbocycles. The summed E-state index contributed by atoms with van der Waals surface area (Å²) in [6, 6.07) is 9.82. The van der Waals surface area contributed by atoms with Crippen LogP contribution in [-0.4, -0.2) is 34.0 Å². The molecule has 1 N–H and O–H groups in total. The lowest BCUT2D eigenvalue weighted by Crippen LogP contribution is -2.23. The molecule has 2 heterocycles. The van der Waals surface area contributed by atoms with Crippen LogP contribution in [0.15, 0.2) is 40.9 Å². The van der Waals surface area contributed by atoms with Crippen molar-refractivity contribution in [1.82, 2.24) is 9.88 Å².